The van der Waals surface area contributed by atoms with Crippen molar-refractivity contribution in [2.45, 2.75) is 63.7 Å². The van der Waals surface area contributed by atoms with E-state index in [1.807, 2.05) is 6.20 Å². The van der Waals surface area contributed by atoms with Gasteiger partial charge in [-0.05, 0) is 87.0 Å². The van der Waals surface area contributed by atoms with Gasteiger partial charge in [0, 0.05) is 35.8 Å². The molecule has 2 heterocycles. The Morgan fingerprint density at radius 1 is 0.947 bits per heavy atom. The second kappa shape index (κ2) is 11.6. The maximum atomic E-state index is 12.7. The molecule has 1 amide bonds. The normalized spacial score (nSPS) is 19.5. The number of nitrogens with zero attached hydrogens (tertiary/aromatic N) is 3. The van der Waals surface area contributed by atoms with Crippen molar-refractivity contribution in [1.29, 1.82) is 0 Å². The summed E-state index contributed by atoms with van der Waals surface area (Å²) >= 11 is 0. The molecule has 0 bridgehead atoms. The molecule has 3 aliphatic rings. The number of amides is 1. The van der Waals surface area contributed by atoms with Gasteiger partial charge in [-0.1, -0.05) is 55.7 Å². The van der Waals surface area contributed by atoms with Crippen LogP contribution in [0.3, 0.4) is 0 Å². The molecule has 6 heteroatoms. The van der Waals surface area contributed by atoms with E-state index in [0.29, 0.717) is 0 Å². The molecule has 1 atom stereocenters. The third-order valence-electron chi connectivity index (χ3n) is 8.57. The molecule has 0 radical (unpaired) electrons. The average molecular weight is 510 g/mol. The van der Waals surface area contributed by atoms with Crippen LogP contribution in [0.15, 0.2) is 54.7 Å². The van der Waals surface area contributed by atoms with Gasteiger partial charge < -0.3 is 15.5 Å². The zero-order valence-electron chi connectivity index (χ0n) is 22.3. The minimum atomic E-state index is 0.162. The molecule has 1 saturated heterocycles. The highest BCUT2D eigenvalue weighted by atomic mass is 16.1. The van der Waals surface area contributed by atoms with Crippen molar-refractivity contribution >= 4 is 17.5 Å². The first-order valence-corrected chi connectivity index (χ1v) is 14.6. The summed E-state index contributed by atoms with van der Waals surface area (Å²) in [7, 11) is 0. The summed E-state index contributed by atoms with van der Waals surface area (Å²) in [5, 5.41) is 6.61. The zero-order chi connectivity index (χ0) is 25.7. The minimum absolute atomic E-state index is 0.162. The Balaban J connectivity index is 1.14. The third kappa shape index (κ3) is 5.60. The number of fused-ring (bicyclic) bond motifs is 3. The molecule has 1 aromatic heterocycles. The monoisotopic (exact) mass is 509 g/mol. The van der Waals surface area contributed by atoms with Gasteiger partial charge in [-0.25, -0.2) is 9.97 Å². The molecule has 2 fully saturated rings. The van der Waals surface area contributed by atoms with Gasteiger partial charge in [0.1, 0.15) is 0 Å². The van der Waals surface area contributed by atoms with Gasteiger partial charge in [0.15, 0.2) is 0 Å². The first kappa shape index (κ1) is 25.1. The lowest BCUT2D eigenvalue weighted by Crippen LogP contribution is -2.24. The molecule has 198 valence electrons. The van der Waals surface area contributed by atoms with Crippen molar-refractivity contribution in [2.24, 2.45) is 5.92 Å². The second-order valence-electron chi connectivity index (χ2n) is 11.2. The maximum absolute atomic E-state index is 12.7. The predicted octanol–water partition coefficient (Wildman–Crippen LogP) is 6.25. The van der Waals surface area contributed by atoms with Crippen molar-refractivity contribution in [1.82, 2.24) is 14.9 Å². The van der Waals surface area contributed by atoms with Gasteiger partial charge in [0.05, 0.1) is 5.69 Å². The largest absolute Gasteiger partial charge is 0.354 e. The molecule has 3 aromatic rings. The van der Waals surface area contributed by atoms with Crippen molar-refractivity contribution in [3.63, 3.8) is 0 Å². The topological polar surface area (TPSA) is 70.2 Å². The number of nitrogens with one attached hydrogen (secondary N) is 2. The molecule has 6 nitrogen and oxygen atoms in total. The number of likely N-dealkylation sites (tertiary alicyclic amines) is 1. The first-order chi connectivity index (χ1) is 18.7. The SMILES string of the molecule is O=C(Nc1ccc(C2Cc3cnc(NCCCN4CCCC4)nc3-c3ccccc32)cc1)C1CCCCC1. The molecule has 1 aliphatic heterocycles. The fraction of sp³-hybridized carbons (Fsp3) is 0.469. The molecule has 2 aromatic carbocycles. The summed E-state index contributed by atoms with van der Waals surface area (Å²) in [5.74, 6) is 1.29. The lowest BCUT2D eigenvalue weighted by molar-refractivity contribution is -0.120. The van der Waals surface area contributed by atoms with Gasteiger partial charge in [-0.2, -0.15) is 0 Å². The molecule has 1 unspecified atom stereocenters. The lowest BCUT2D eigenvalue weighted by Gasteiger charge is -2.28. The summed E-state index contributed by atoms with van der Waals surface area (Å²) < 4.78 is 0. The van der Waals surface area contributed by atoms with Crippen LogP contribution in [0.25, 0.3) is 11.3 Å². The average Bonchev–Trinajstić information content (AvgIpc) is 3.50. The summed E-state index contributed by atoms with van der Waals surface area (Å²) in [6.45, 7) is 4.52. The number of carbonyl (C=O) groups excluding carboxylic acids is 1. The van der Waals surface area contributed by atoms with Crippen LogP contribution in [-0.4, -0.2) is 47.0 Å². The molecule has 2 N–H and O–H groups in total. The van der Waals surface area contributed by atoms with Crippen molar-refractivity contribution in [3.05, 3.63) is 71.4 Å². The van der Waals surface area contributed by atoms with Crippen LogP contribution in [0.5, 0.6) is 0 Å². The molecule has 1 saturated carbocycles. The van der Waals surface area contributed by atoms with Crippen LogP contribution in [-0.2, 0) is 11.2 Å². The van der Waals surface area contributed by atoms with E-state index in [-0.39, 0.29) is 17.7 Å². The van der Waals surface area contributed by atoms with E-state index in [4.69, 9.17) is 4.98 Å². The highest BCUT2D eigenvalue weighted by Gasteiger charge is 2.28. The number of anilines is 2. The fourth-order valence-electron chi connectivity index (χ4n) is 6.44. The number of benzene rings is 2. The van der Waals surface area contributed by atoms with E-state index in [0.717, 1.165) is 56.1 Å². The zero-order valence-corrected chi connectivity index (χ0v) is 22.3. The Morgan fingerprint density at radius 3 is 2.55 bits per heavy atom. The summed E-state index contributed by atoms with van der Waals surface area (Å²) in [6.07, 6.45) is 12.3. The maximum Gasteiger partial charge on any atom is 0.227 e. The van der Waals surface area contributed by atoms with Gasteiger partial charge in [-0.15, -0.1) is 0 Å². The predicted molar refractivity (Wildman–Crippen MR) is 153 cm³/mol. The standard InChI is InChI=1S/C32H39N5O/c38-31(24-9-2-1-3-10-24)35-26-15-13-23(14-16-26)29-21-25-22-34-32(33-17-8-20-37-18-6-7-19-37)36-30(25)28-12-5-4-11-27(28)29/h4-5,11-16,22,24,29H,1-3,6-10,17-21H2,(H,35,38)(H,33,34,36). The van der Waals surface area contributed by atoms with E-state index in [2.05, 4.69) is 69.0 Å². The van der Waals surface area contributed by atoms with Crippen LogP contribution in [0.4, 0.5) is 11.6 Å². The number of aromatic nitrogens is 2. The van der Waals surface area contributed by atoms with Gasteiger partial charge >= 0.3 is 0 Å². The summed E-state index contributed by atoms with van der Waals surface area (Å²) in [6, 6.07) is 17.1. The van der Waals surface area contributed by atoms with Crippen LogP contribution in [0.1, 0.15) is 74.0 Å². The third-order valence-corrected chi connectivity index (χ3v) is 8.57. The lowest BCUT2D eigenvalue weighted by atomic mass is 9.78. The highest BCUT2D eigenvalue weighted by molar-refractivity contribution is 5.92. The molecule has 2 aliphatic carbocycles. The molecular weight excluding hydrogens is 470 g/mol. The van der Waals surface area contributed by atoms with E-state index in [1.165, 1.54) is 67.4 Å². The minimum Gasteiger partial charge on any atom is -0.354 e. The van der Waals surface area contributed by atoms with Crippen molar-refractivity contribution in [3.8, 4) is 11.3 Å². The van der Waals surface area contributed by atoms with Gasteiger partial charge in [-0.3, -0.25) is 4.79 Å². The van der Waals surface area contributed by atoms with Gasteiger partial charge in [0.25, 0.3) is 0 Å². The van der Waals surface area contributed by atoms with Crippen LogP contribution < -0.4 is 10.6 Å². The Hall–Kier alpha value is -3.25. The van der Waals surface area contributed by atoms with Gasteiger partial charge in [0.2, 0.25) is 11.9 Å². The Morgan fingerprint density at radius 2 is 1.74 bits per heavy atom. The van der Waals surface area contributed by atoms with E-state index in [9.17, 15) is 4.79 Å². The van der Waals surface area contributed by atoms with Crippen LogP contribution in [0, 0.1) is 5.92 Å². The van der Waals surface area contributed by atoms with E-state index >= 15 is 0 Å². The van der Waals surface area contributed by atoms with Crippen LogP contribution in [0.2, 0.25) is 0 Å². The fourth-order valence-corrected chi connectivity index (χ4v) is 6.44. The number of hydrogen-bond donors (Lipinski definition) is 2. The van der Waals surface area contributed by atoms with Crippen molar-refractivity contribution < 1.29 is 4.79 Å². The van der Waals surface area contributed by atoms with Crippen LogP contribution >= 0.6 is 0 Å². The van der Waals surface area contributed by atoms with E-state index in [1.54, 1.807) is 0 Å². The summed E-state index contributed by atoms with van der Waals surface area (Å²) in [5.41, 5.74) is 6.87. The van der Waals surface area contributed by atoms with E-state index < -0.39 is 0 Å². The van der Waals surface area contributed by atoms with Crippen molar-refractivity contribution in [2.75, 3.05) is 36.8 Å². The highest BCUT2D eigenvalue weighted by Crippen LogP contribution is 2.42. The molecule has 6 rings (SSSR count). The first-order valence-electron chi connectivity index (χ1n) is 14.6. The quantitative estimate of drug-likeness (QED) is 0.351. The number of hydrogen-bond acceptors (Lipinski definition) is 5. The molecule has 0 spiro atoms. The smallest absolute Gasteiger partial charge is 0.227 e. The molecular formula is C32H39N5O. The summed E-state index contributed by atoms with van der Waals surface area (Å²) in [4.78, 5) is 24.9. The Labute approximate surface area is 226 Å². The Kier molecular flexibility index (Phi) is 7.68. The number of rotatable bonds is 8. The second-order valence-corrected chi connectivity index (χ2v) is 11.2. The molecule has 38 heavy (non-hydrogen) atoms. The Bertz CT molecular complexity index is 1240. The number of carbonyl (C=O) groups is 1.